The molecule has 18 heavy (non-hydrogen) atoms. The highest BCUT2D eigenvalue weighted by molar-refractivity contribution is 5.66. The van der Waals surface area contributed by atoms with Crippen molar-refractivity contribution < 1.29 is 9.90 Å². The fourth-order valence-corrected chi connectivity index (χ4v) is 1.99. The summed E-state index contributed by atoms with van der Waals surface area (Å²) in [4.78, 5) is 10.3. The Morgan fingerprint density at radius 2 is 1.33 bits per heavy atom. The van der Waals surface area contributed by atoms with Crippen molar-refractivity contribution in [2.24, 2.45) is 0 Å². The summed E-state index contributed by atoms with van der Waals surface area (Å²) in [6.45, 7) is 2.24. The number of rotatable bonds is 13. The van der Waals surface area contributed by atoms with Gasteiger partial charge in [0.25, 0.3) is 0 Å². The molecule has 0 saturated carbocycles. The van der Waals surface area contributed by atoms with Gasteiger partial charge in [-0.15, -0.1) is 0 Å². The number of unbranched alkanes of at least 4 members (excludes halogenated alkanes) is 9. The van der Waals surface area contributed by atoms with Gasteiger partial charge in [0.1, 0.15) is 0 Å². The lowest BCUT2D eigenvalue weighted by molar-refractivity contribution is -0.137. The molecule has 0 rings (SSSR count). The molecular formula is C16H30O2. The van der Waals surface area contributed by atoms with Crippen molar-refractivity contribution in [1.29, 1.82) is 0 Å². The molecule has 106 valence electrons. The molecule has 0 heterocycles. The number of carboxylic acid groups (broad SMARTS) is 1. The van der Waals surface area contributed by atoms with Gasteiger partial charge < -0.3 is 5.11 Å². The minimum absolute atomic E-state index is 0.331. The van der Waals surface area contributed by atoms with Crippen molar-refractivity contribution in [1.82, 2.24) is 0 Å². The molecule has 0 spiro atoms. The van der Waals surface area contributed by atoms with Gasteiger partial charge in [-0.25, -0.2) is 0 Å². The molecule has 0 fully saturated rings. The van der Waals surface area contributed by atoms with Gasteiger partial charge in [0.2, 0.25) is 0 Å². The first-order chi connectivity index (χ1) is 8.77. The molecule has 0 aromatic rings. The van der Waals surface area contributed by atoms with Crippen molar-refractivity contribution in [2.45, 2.75) is 84.0 Å². The highest BCUT2D eigenvalue weighted by Crippen LogP contribution is 2.08. The van der Waals surface area contributed by atoms with Crippen molar-refractivity contribution in [3.63, 3.8) is 0 Å². The van der Waals surface area contributed by atoms with Crippen molar-refractivity contribution in [3.05, 3.63) is 12.2 Å². The van der Waals surface area contributed by atoms with E-state index in [1.165, 1.54) is 57.8 Å². The summed E-state index contributed by atoms with van der Waals surface area (Å²) in [7, 11) is 0. The molecule has 0 atom stereocenters. The number of allylic oxidation sites excluding steroid dienone is 2. The van der Waals surface area contributed by atoms with Gasteiger partial charge >= 0.3 is 5.97 Å². The Hall–Kier alpha value is -0.790. The second kappa shape index (κ2) is 14.3. The standard InChI is InChI=1S/C16H30O2/c1-2-3-4-5-6-7-8-9-10-11-12-13-14-15-16(17)18/h7-8H,2-6,9-15H2,1H3,(H,17,18)/b8-7-/i1+1. The molecule has 2 nitrogen and oxygen atoms in total. The van der Waals surface area contributed by atoms with Gasteiger partial charge in [0.15, 0.2) is 0 Å². The molecule has 0 radical (unpaired) electrons. The van der Waals surface area contributed by atoms with Crippen LogP contribution in [0.4, 0.5) is 0 Å². The van der Waals surface area contributed by atoms with E-state index in [1.807, 2.05) is 0 Å². The minimum atomic E-state index is -0.666. The summed E-state index contributed by atoms with van der Waals surface area (Å²) in [6, 6.07) is 0. The van der Waals surface area contributed by atoms with Crippen LogP contribution in [-0.4, -0.2) is 11.1 Å². The van der Waals surface area contributed by atoms with Gasteiger partial charge in [-0.2, -0.15) is 0 Å². The van der Waals surface area contributed by atoms with Gasteiger partial charge in [0.05, 0.1) is 0 Å². The molecule has 0 aliphatic rings. The average Bonchev–Trinajstić information content (AvgIpc) is 2.34. The average molecular weight is 255 g/mol. The first-order valence-electron chi connectivity index (χ1n) is 7.64. The maximum Gasteiger partial charge on any atom is 0.303 e. The molecule has 0 aliphatic heterocycles. The zero-order valence-electron chi connectivity index (χ0n) is 12.0. The van der Waals surface area contributed by atoms with Crippen LogP contribution in [0.25, 0.3) is 0 Å². The Morgan fingerprint density at radius 3 is 1.89 bits per heavy atom. The lowest BCUT2D eigenvalue weighted by atomic mass is 10.1. The van der Waals surface area contributed by atoms with E-state index in [4.69, 9.17) is 5.11 Å². The quantitative estimate of drug-likeness (QED) is 0.274. The van der Waals surface area contributed by atoms with E-state index in [1.54, 1.807) is 0 Å². The van der Waals surface area contributed by atoms with Crippen LogP contribution in [-0.2, 0) is 4.79 Å². The predicted molar refractivity (Wildman–Crippen MR) is 77.9 cm³/mol. The van der Waals surface area contributed by atoms with Crippen LogP contribution in [0.2, 0.25) is 0 Å². The Labute approximate surface area is 112 Å². The summed E-state index contributed by atoms with van der Waals surface area (Å²) >= 11 is 0. The lowest BCUT2D eigenvalue weighted by Crippen LogP contribution is -1.93. The lowest BCUT2D eigenvalue weighted by Gasteiger charge is -1.98. The van der Waals surface area contributed by atoms with Crippen LogP contribution in [0.1, 0.15) is 84.0 Å². The molecule has 2 heteroatoms. The van der Waals surface area contributed by atoms with Crippen LogP contribution < -0.4 is 0 Å². The third kappa shape index (κ3) is 15.2. The molecular weight excluding hydrogens is 225 g/mol. The molecule has 0 saturated heterocycles. The van der Waals surface area contributed by atoms with Crippen molar-refractivity contribution in [3.8, 4) is 0 Å². The highest BCUT2D eigenvalue weighted by Gasteiger charge is 1.95. The number of aliphatic carboxylic acids is 1. The largest absolute Gasteiger partial charge is 0.481 e. The highest BCUT2D eigenvalue weighted by atomic mass is 16.4. The number of hydrogen-bond donors (Lipinski definition) is 1. The second-order valence-electron chi connectivity index (χ2n) is 5.02. The Morgan fingerprint density at radius 1 is 0.833 bits per heavy atom. The normalized spacial score (nSPS) is 11.2. The fourth-order valence-electron chi connectivity index (χ4n) is 1.99. The van der Waals surface area contributed by atoms with Crippen LogP contribution >= 0.6 is 0 Å². The molecule has 0 unspecified atom stereocenters. The summed E-state index contributed by atoms with van der Waals surface area (Å²) in [6.07, 6.45) is 18.3. The third-order valence-corrected chi connectivity index (χ3v) is 3.15. The van der Waals surface area contributed by atoms with E-state index in [9.17, 15) is 4.79 Å². The van der Waals surface area contributed by atoms with E-state index < -0.39 is 5.97 Å². The first kappa shape index (κ1) is 17.2. The monoisotopic (exact) mass is 255 g/mol. The van der Waals surface area contributed by atoms with E-state index in [0.29, 0.717) is 6.42 Å². The zero-order valence-corrected chi connectivity index (χ0v) is 12.0. The molecule has 0 aliphatic carbocycles. The summed E-state index contributed by atoms with van der Waals surface area (Å²) in [5, 5.41) is 8.48. The molecule has 1 N–H and O–H groups in total. The Kier molecular flexibility index (Phi) is 13.6. The van der Waals surface area contributed by atoms with E-state index in [-0.39, 0.29) is 0 Å². The predicted octanol–water partition coefficient (Wildman–Crippen LogP) is 5.33. The molecule has 0 bridgehead atoms. The van der Waals surface area contributed by atoms with Crippen LogP contribution in [0.3, 0.4) is 0 Å². The maximum absolute atomic E-state index is 10.3. The van der Waals surface area contributed by atoms with Crippen LogP contribution in [0, 0.1) is 0 Å². The number of carboxylic acids is 1. The molecule has 0 aromatic carbocycles. The van der Waals surface area contributed by atoms with Gasteiger partial charge in [-0.1, -0.05) is 57.6 Å². The molecule has 0 amide bonds. The van der Waals surface area contributed by atoms with Gasteiger partial charge in [-0.3, -0.25) is 4.79 Å². The van der Waals surface area contributed by atoms with E-state index >= 15 is 0 Å². The smallest absolute Gasteiger partial charge is 0.303 e. The Bertz CT molecular complexity index is 209. The summed E-state index contributed by atoms with van der Waals surface area (Å²) in [5.41, 5.74) is 0. The summed E-state index contributed by atoms with van der Waals surface area (Å²) in [5.74, 6) is -0.666. The number of carbonyl (C=O) groups is 1. The van der Waals surface area contributed by atoms with Crippen molar-refractivity contribution >= 4 is 5.97 Å². The zero-order chi connectivity index (χ0) is 13.5. The topological polar surface area (TPSA) is 37.3 Å². The summed E-state index contributed by atoms with van der Waals surface area (Å²) < 4.78 is 0. The Balaban J connectivity index is 3.06. The maximum atomic E-state index is 10.3. The fraction of sp³-hybridized carbons (Fsp3) is 0.812. The van der Waals surface area contributed by atoms with Crippen molar-refractivity contribution in [2.75, 3.05) is 0 Å². The minimum Gasteiger partial charge on any atom is -0.481 e. The van der Waals surface area contributed by atoms with E-state index in [2.05, 4.69) is 19.1 Å². The van der Waals surface area contributed by atoms with E-state index in [0.717, 1.165) is 12.8 Å². The van der Waals surface area contributed by atoms with Gasteiger partial charge in [0, 0.05) is 6.42 Å². The van der Waals surface area contributed by atoms with Crippen LogP contribution in [0.5, 0.6) is 0 Å². The van der Waals surface area contributed by atoms with Crippen LogP contribution in [0.15, 0.2) is 12.2 Å². The van der Waals surface area contributed by atoms with Gasteiger partial charge in [-0.05, 0) is 32.1 Å². The first-order valence-corrected chi connectivity index (χ1v) is 7.64. The molecule has 0 aromatic heterocycles. The second-order valence-corrected chi connectivity index (χ2v) is 5.02. The SMILES string of the molecule is [13CH3]CCCCC/C=C\CCCCCCCC(=O)O. The third-order valence-electron chi connectivity index (χ3n) is 3.15. The number of hydrogen-bond acceptors (Lipinski definition) is 1.